The van der Waals surface area contributed by atoms with Crippen LogP contribution < -0.4 is 16.6 Å². The molecule has 0 aromatic carbocycles. The van der Waals surface area contributed by atoms with E-state index < -0.39 is 16.9 Å². The van der Waals surface area contributed by atoms with Gasteiger partial charge in [-0.2, -0.15) is 5.26 Å². The van der Waals surface area contributed by atoms with Gasteiger partial charge < -0.3 is 10.4 Å². The number of aromatic nitrogens is 2. The summed E-state index contributed by atoms with van der Waals surface area (Å²) in [6, 6.07) is 1.82. The number of nitrogens with one attached hydrogen (secondary N) is 1. The second kappa shape index (κ2) is 5.13. The molecule has 0 bridgehead atoms. The topological polar surface area (TPSA) is 100 Å². The molecule has 0 saturated heterocycles. The molecule has 0 radical (unpaired) electrons. The molecule has 20 heavy (non-hydrogen) atoms. The number of nitrogens with zero attached hydrogens (tertiary/aromatic N) is 3. The van der Waals surface area contributed by atoms with Crippen LogP contribution in [0.4, 0.5) is 5.82 Å². The van der Waals surface area contributed by atoms with Crippen molar-refractivity contribution in [3.63, 3.8) is 0 Å². The molecule has 1 aliphatic carbocycles. The minimum Gasteiger partial charge on any atom is -0.388 e. The van der Waals surface area contributed by atoms with E-state index in [-0.39, 0.29) is 17.9 Å². The van der Waals surface area contributed by atoms with Crippen molar-refractivity contribution in [1.29, 1.82) is 5.26 Å². The van der Waals surface area contributed by atoms with Crippen LogP contribution in [-0.2, 0) is 14.1 Å². The molecule has 2 N–H and O–H groups in total. The first-order chi connectivity index (χ1) is 9.39. The molecule has 1 fully saturated rings. The van der Waals surface area contributed by atoms with Gasteiger partial charge in [0.2, 0.25) is 0 Å². The molecular formula is C13H18N4O3. The van der Waals surface area contributed by atoms with Crippen LogP contribution in [0.2, 0.25) is 0 Å². The van der Waals surface area contributed by atoms with Crippen LogP contribution in [0.1, 0.15) is 31.2 Å². The molecule has 0 atom stereocenters. The van der Waals surface area contributed by atoms with Crippen LogP contribution in [-0.4, -0.2) is 26.4 Å². The van der Waals surface area contributed by atoms with Crippen molar-refractivity contribution in [3.05, 3.63) is 26.4 Å². The summed E-state index contributed by atoms with van der Waals surface area (Å²) in [5.41, 5.74) is -2.08. The summed E-state index contributed by atoms with van der Waals surface area (Å²) in [4.78, 5) is 23.8. The SMILES string of the molecule is Cn1c(NCC2(O)CCCC2)c(C#N)c(=O)n(C)c1=O. The van der Waals surface area contributed by atoms with Gasteiger partial charge in [0.1, 0.15) is 11.9 Å². The maximum atomic E-state index is 11.9. The molecule has 0 unspecified atom stereocenters. The lowest BCUT2D eigenvalue weighted by molar-refractivity contribution is 0.0613. The van der Waals surface area contributed by atoms with Crippen LogP contribution >= 0.6 is 0 Å². The van der Waals surface area contributed by atoms with Crippen molar-refractivity contribution in [2.45, 2.75) is 31.3 Å². The van der Waals surface area contributed by atoms with Gasteiger partial charge in [0.25, 0.3) is 5.56 Å². The first kappa shape index (κ1) is 14.3. The Morgan fingerprint density at radius 3 is 2.45 bits per heavy atom. The summed E-state index contributed by atoms with van der Waals surface area (Å²) in [5, 5.41) is 22.3. The van der Waals surface area contributed by atoms with Crippen LogP contribution in [0, 0.1) is 11.3 Å². The van der Waals surface area contributed by atoms with Gasteiger partial charge in [-0.25, -0.2) is 4.79 Å². The van der Waals surface area contributed by atoms with Crippen LogP contribution in [0.3, 0.4) is 0 Å². The number of hydrogen-bond donors (Lipinski definition) is 2. The number of aliphatic hydroxyl groups is 1. The molecule has 2 rings (SSSR count). The highest BCUT2D eigenvalue weighted by atomic mass is 16.3. The molecule has 1 aromatic heterocycles. The molecule has 7 heteroatoms. The Morgan fingerprint density at radius 1 is 1.30 bits per heavy atom. The number of rotatable bonds is 3. The third-order valence-electron chi connectivity index (χ3n) is 3.90. The normalized spacial score (nSPS) is 16.9. The summed E-state index contributed by atoms with van der Waals surface area (Å²) in [7, 11) is 2.82. The van der Waals surface area contributed by atoms with E-state index in [1.807, 2.05) is 6.07 Å². The lowest BCUT2D eigenvalue weighted by atomic mass is 10.0. The zero-order chi connectivity index (χ0) is 14.9. The molecule has 0 aliphatic heterocycles. The Bertz CT molecular complexity index is 675. The third-order valence-corrected chi connectivity index (χ3v) is 3.90. The summed E-state index contributed by atoms with van der Waals surface area (Å²) in [5.74, 6) is 0.168. The van der Waals surface area contributed by atoms with Gasteiger partial charge in [-0.05, 0) is 12.8 Å². The molecule has 1 saturated carbocycles. The standard InChI is InChI=1S/C13H18N4O3/c1-16-10(15-8-13(20)5-3-4-6-13)9(7-14)11(18)17(2)12(16)19/h15,20H,3-6,8H2,1-2H3. The van der Waals surface area contributed by atoms with Crippen molar-refractivity contribution in [1.82, 2.24) is 9.13 Å². The maximum Gasteiger partial charge on any atom is 0.332 e. The summed E-state index contributed by atoms with van der Waals surface area (Å²) < 4.78 is 2.12. The highest BCUT2D eigenvalue weighted by molar-refractivity contribution is 5.51. The van der Waals surface area contributed by atoms with E-state index in [1.54, 1.807) is 0 Å². The van der Waals surface area contributed by atoms with Gasteiger partial charge in [-0.1, -0.05) is 12.8 Å². The number of anilines is 1. The highest BCUT2D eigenvalue weighted by Gasteiger charge is 2.31. The Kier molecular flexibility index (Phi) is 3.68. The van der Waals surface area contributed by atoms with Crippen molar-refractivity contribution in [3.8, 4) is 6.07 Å². The van der Waals surface area contributed by atoms with Crippen LogP contribution in [0.5, 0.6) is 0 Å². The van der Waals surface area contributed by atoms with Gasteiger partial charge >= 0.3 is 5.69 Å². The molecule has 108 valence electrons. The van der Waals surface area contributed by atoms with E-state index in [0.29, 0.717) is 12.8 Å². The van der Waals surface area contributed by atoms with Gasteiger partial charge in [0, 0.05) is 20.6 Å². The Balaban J connectivity index is 2.39. The Hall–Kier alpha value is -2.07. The predicted molar refractivity (Wildman–Crippen MR) is 73.5 cm³/mol. The summed E-state index contributed by atoms with van der Waals surface area (Å²) in [6.45, 7) is 0.224. The first-order valence-electron chi connectivity index (χ1n) is 6.56. The van der Waals surface area contributed by atoms with Crippen molar-refractivity contribution < 1.29 is 5.11 Å². The fourth-order valence-corrected chi connectivity index (χ4v) is 2.61. The molecule has 0 spiro atoms. The van der Waals surface area contributed by atoms with Crippen molar-refractivity contribution >= 4 is 5.82 Å². The summed E-state index contributed by atoms with van der Waals surface area (Å²) in [6.07, 6.45) is 3.28. The highest BCUT2D eigenvalue weighted by Crippen LogP contribution is 2.29. The predicted octanol–water partition coefficient (Wildman–Crippen LogP) is -0.327. The maximum absolute atomic E-state index is 11.9. The van der Waals surface area contributed by atoms with E-state index in [2.05, 4.69) is 5.32 Å². The lowest BCUT2D eigenvalue weighted by Crippen LogP contribution is -2.41. The average molecular weight is 278 g/mol. The molecule has 0 amide bonds. The zero-order valence-corrected chi connectivity index (χ0v) is 11.6. The van der Waals surface area contributed by atoms with Gasteiger partial charge in [0.05, 0.1) is 5.60 Å². The largest absolute Gasteiger partial charge is 0.388 e. The fourth-order valence-electron chi connectivity index (χ4n) is 2.61. The van der Waals surface area contributed by atoms with E-state index in [0.717, 1.165) is 17.4 Å². The monoisotopic (exact) mass is 278 g/mol. The Labute approximate surface area is 116 Å². The first-order valence-corrected chi connectivity index (χ1v) is 6.56. The molecule has 1 aromatic rings. The van der Waals surface area contributed by atoms with Gasteiger partial charge in [-0.3, -0.25) is 13.9 Å². The molecular weight excluding hydrogens is 260 g/mol. The number of nitriles is 1. The van der Waals surface area contributed by atoms with E-state index in [4.69, 9.17) is 5.26 Å². The molecule has 7 nitrogen and oxygen atoms in total. The second-order valence-electron chi connectivity index (χ2n) is 5.33. The van der Waals surface area contributed by atoms with Gasteiger partial charge in [0.15, 0.2) is 5.56 Å². The minimum absolute atomic E-state index is 0.115. The number of hydrogen-bond acceptors (Lipinski definition) is 5. The fraction of sp³-hybridized carbons (Fsp3) is 0.615. The third kappa shape index (κ3) is 2.34. The van der Waals surface area contributed by atoms with Crippen LogP contribution in [0.15, 0.2) is 9.59 Å². The lowest BCUT2D eigenvalue weighted by Gasteiger charge is -2.24. The van der Waals surface area contributed by atoms with E-state index in [9.17, 15) is 14.7 Å². The van der Waals surface area contributed by atoms with Crippen LogP contribution in [0.25, 0.3) is 0 Å². The molecule has 1 aliphatic rings. The Morgan fingerprint density at radius 2 is 1.90 bits per heavy atom. The quantitative estimate of drug-likeness (QED) is 0.788. The van der Waals surface area contributed by atoms with E-state index in [1.165, 1.54) is 18.7 Å². The average Bonchev–Trinajstić information content (AvgIpc) is 2.86. The minimum atomic E-state index is -0.830. The second-order valence-corrected chi connectivity index (χ2v) is 5.33. The smallest absolute Gasteiger partial charge is 0.332 e. The zero-order valence-electron chi connectivity index (χ0n) is 11.6. The summed E-state index contributed by atoms with van der Waals surface area (Å²) >= 11 is 0. The van der Waals surface area contributed by atoms with Crippen molar-refractivity contribution in [2.24, 2.45) is 14.1 Å². The molecule has 1 heterocycles. The van der Waals surface area contributed by atoms with E-state index >= 15 is 0 Å². The van der Waals surface area contributed by atoms with Crippen molar-refractivity contribution in [2.75, 3.05) is 11.9 Å². The van der Waals surface area contributed by atoms with Gasteiger partial charge in [-0.15, -0.1) is 0 Å².